The summed E-state index contributed by atoms with van der Waals surface area (Å²) in [5.74, 6) is 0.698. The Balaban J connectivity index is 1.90. The van der Waals surface area contributed by atoms with E-state index < -0.39 is 0 Å². The molecule has 5 heteroatoms. The maximum atomic E-state index is 5.97. The summed E-state index contributed by atoms with van der Waals surface area (Å²) in [5, 5.41) is 2.07. The average Bonchev–Trinajstić information content (AvgIpc) is 2.73. The molecule has 1 aromatic rings. The largest absolute Gasteiger partial charge is 0.370 e. The molecule has 0 atom stereocenters. The van der Waals surface area contributed by atoms with Crippen LogP contribution in [-0.4, -0.2) is 23.9 Å². The number of guanidine groups is 1. The van der Waals surface area contributed by atoms with Crippen molar-refractivity contribution >= 4 is 33.2 Å². The first kappa shape index (κ1) is 11.9. The van der Waals surface area contributed by atoms with Crippen molar-refractivity contribution in [3.63, 3.8) is 0 Å². The monoisotopic (exact) mass is 301 g/mol. The number of likely N-dealkylation sites (tertiary alicyclic amines) is 1. The average molecular weight is 302 g/mol. The van der Waals surface area contributed by atoms with E-state index in [1.807, 2.05) is 0 Å². The number of halogens is 1. The van der Waals surface area contributed by atoms with Gasteiger partial charge in [-0.05, 0) is 41.3 Å². The van der Waals surface area contributed by atoms with Crippen LogP contribution in [0, 0.1) is 0 Å². The maximum Gasteiger partial charge on any atom is 0.191 e. The van der Waals surface area contributed by atoms with E-state index in [-0.39, 0.29) is 0 Å². The third-order valence-electron chi connectivity index (χ3n) is 2.70. The van der Waals surface area contributed by atoms with Crippen LogP contribution in [0.5, 0.6) is 0 Å². The summed E-state index contributed by atoms with van der Waals surface area (Å²) in [6, 6.07) is 2.09. The van der Waals surface area contributed by atoms with Crippen LogP contribution in [0.1, 0.15) is 24.1 Å². The van der Waals surface area contributed by atoms with Gasteiger partial charge in [0.2, 0.25) is 0 Å². The quantitative estimate of drug-likeness (QED) is 0.674. The van der Waals surface area contributed by atoms with Gasteiger partial charge in [-0.25, -0.2) is 4.99 Å². The molecule has 0 aromatic carbocycles. The molecule has 0 bridgehead atoms. The molecule has 1 aliphatic rings. The number of rotatable bonds is 2. The van der Waals surface area contributed by atoms with Crippen molar-refractivity contribution in [3.8, 4) is 0 Å². The van der Waals surface area contributed by atoms with E-state index in [9.17, 15) is 0 Å². The minimum atomic E-state index is 0.693. The smallest absolute Gasteiger partial charge is 0.191 e. The Morgan fingerprint density at radius 1 is 1.44 bits per heavy atom. The molecular formula is C11H16BrN3S. The number of thiophene rings is 1. The summed E-state index contributed by atoms with van der Waals surface area (Å²) in [5.41, 5.74) is 5.97. The van der Waals surface area contributed by atoms with Crippen molar-refractivity contribution in [3.05, 3.63) is 20.8 Å². The van der Waals surface area contributed by atoms with Gasteiger partial charge < -0.3 is 10.6 Å². The predicted molar refractivity (Wildman–Crippen MR) is 72.8 cm³/mol. The fourth-order valence-electron chi connectivity index (χ4n) is 1.82. The summed E-state index contributed by atoms with van der Waals surface area (Å²) in [7, 11) is 0. The lowest BCUT2D eigenvalue weighted by Gasteiger charge is -2.27. The second kappa shape index (κ2) is 5.68. The second-order valence-electron chi connectivity index (χ2n) is 3.95. The fraction of sp³-hybridized carbons (Fsp3) is 0.545. The van der Waals surface area contributed by atoms with Crippen LogP contribution in [-0.2, 0) is 6.54 Å². The highest BCUT2D eigenvalue weighted by atomic mass is 79.9. The van der Waals surface area contributed by atoms with Gasteiger partial charge in [-0.3, -0.25) is 0 Å². The highest BCUT2D eigenvalue weighted by Crippen LogP contribution is 2.20. The minimum Gasteiger partial charge on any atom is -0.370 e. The van der Waals surface area contributed by atoms with Gasteiger partial charge in [0.25, 0.3) is 0 Å². The highest BCUT2D eigenvalue weighted by Gasteiger charge is 2.11. The maximum absolute atomic E-state index is 5.97. The molecule has 88 valence electrons. The molecule has 0 spiro atoms. The van der Waals surface area contributed by atoms with Gasteiger partial charge in [-0.2, -0.15) is 0 Å². The zero-order valence-corrected chi connectivity index (χ0v) is 11.6. The van der Waals surface area contributed by atoms with Crippen molar-refractivity contribution < 1.29 is 0 Å². The minimum absolute atomic E-state index is 0.693. The van der Waals surface area contributed by atoms with Crippen LogP contribution < -0.4 is 5.73 Å². The zero-order valence-electron chi connectivity index (χ0n) is 9.16. The van der Waals surface area contributed by atoms with Gasteiger partial charge in [0.15, 0.2) is 5.96 Å². The van der Waals surface area contributed by atoms with Crippen LogP contribution >= 0.6 is 27.3 Å². The predicted octanol–water partition coefficient (Wildman–Crippen LogP) is 2.81. The zero-order chi connectivity index (χ0) is 11.4. The molecule has 2 rings (SSSR count). The normalized spacial score (nSPS) is 17.8. The van der Waals surface area contributed by atoms with E-state index in [1.165, 1.54) is 24.1 Å². The van der Waals surface area contributed by atoms with Crippen LogP contribution in [0.2, 0.25) is 0 Å². The standard InChI is InChI=1S/C11H16BrN3S/c12-9-6-10(16-8-9)7-14-11(13)15-4-2-1-3-5-15/h6,8H,1-5,7H2,(H2,13,14). The molecule has 0 amide bonds. The number of nitrogens with zero attached hydrogens (tertiary/aromatic N) is 2. The molecule has 3 nitrogen and oxygen atoms in total. The third-order valence-corrected chi connectivity index (χ3v) is 4.38. The molecular weight excluding hydrogens is 286 g/mol. The van der Waals surface area contributed by atoms with E-state index in [4.69, 9.17) is 5.73 Å². The van der Waals surface area contributed by atoms with Gasteiger partial charge in [-0.15, -0.1) is 11.3 Å². The number of hydrogen-bond donors (Lipinski definition) is 1. The first-order valence-corrected chi connectivity index (χ1v) is 7.21. The summed E-state index contributed by atoms with van der Waals surface area (Å²) in [4.78, 5) is 7.87. The lowest BCUT2D eigenvalue weighted by molar-refractivity contribution is 0.338. The van der Waals surface area contributed by atoms with Gasteiger partial charge in [0.05, 0.1) is 6.54 Å². The summed E-state index contributed by atoms with van der Waals surface area (Å²) >= 11 is 5.15. The highest BCUT2D eigenvalue weighted by molar-refractivity contribution is 9.10. The lowest BCUT2D eigenvalue weighted by atomic mass is 10.1. The van der Waals surface area contributed by atoms with E-state index in [0.29, 0.717) is 12.5 Å². The molecule has 1 saturated heterocycles. The topological polar surface area (TPSA) is 41.6 Å². The number of aliphatic imine (C=N–C) groups is 1. The Morgan fingerprint density at radius 3 is 2.81 bits per heavy atom. The van der Waals surface area contributed by atoms with Crippen molar-refractivity contribution in [2.75, 3.05) is 13.1 Å². The summed E-state index contributed by atoms with van der Waals surface area (Å²) < 4.78 is 1.12. The number of nitrogens with two attached hydrogens (primary N) is 1. The summed E-state index contributed by atoms with van der Waals surface area (Å²) in [6.45, 7) is 2.81. The molecule has 1 aromatic heterocycles. The fourth-order valence-corrected chi connectivity index (χ4v) is 3.19. The van der Waals surface area contributed by atoms with Crippen molar-refractivity contribution in [2.45, 2.75) is 25.8 Å². The Hall–Kier alpha value is -0.550. The van der Waals surface area contributed by atoms with E-state index in [1.54, 1.807) is 11.3 Å². The van der Waals surface area contributed by atoms with Gasteiger partial charge in [0, 0.05) is 27.8 Å². The molecule has 0 radical (unpaired) electrons. The molecule has 0 aliphatic carbocycles. The van der Waals surface area contributed by atoms with Crippen LogP contribution in [0.25, 0.3) is 0 Å². The Labute approximate surface area is 108 Å². The number of hydrogen-bond acceptors (Lipinski definition) is 2. The first-order valence-electron chi connectivity index (χ1n) is 5.53. The number of piperidine rings is 1. The van der Waals surface area contributed by atoms with Crippen molar-refractivity contribution in [1.29, 1.82) is 0 Å². The SMILES string of the molecule is NC(=NCc1cc(Br)cs1)N1CCCCC1. The second-order valence-corrected chi connectivity index (χ2v) is 5.86. The molecule has 1 fully saturated rings. The Bertz CT molecular complexity index is 369. The van der Waals surface area contributed by atoms with Crippen molar-refractivity contribution in [2.24, 2.45) is 10.7 Å². The molecule has 0 saturated carbocycles. The van der Waals surface area contributed by atoms with Crippen LogP contribution in [0.3, 0.4) is 0 Å². The first-order chi connectivity index (χ1) is 7.75. The molecule has 16 heavy (non-hydrogen) atoms. The van der Waals surface area contributed by atoms with Crippen LogP contribution in [0.4, 0.5) is 0 Å². The summed E-state index contributed by atoms with van der Waals surface area (Å²) in [6.07, 6.45) is 3.79. The van der Waals surface area contributed by atoms with Gasteiger partial charge in [0.1, 0.15) is 0 Å². The van der Waals surface area contributed by atoms with E-state index in [0.717, 1.165) is 17.6 Å². The van der Waals surface area contributed by atoms with Crippen molar-refractivity contribution in [1.82, 2.24) is 4.90 Å². The van der Waals surface area contributed by atoms with Gasteiger partial charge in [-0.1, -0.05) is 0 Å². The molecule has 2 N–H and O–H groups in total. The lowest BCUT2D eigenvalue weighted by Crippen LogP contribution is -2.40. The molecule has 2 heterocycles. The van der Waals surface area contributed by atoms with Crippen LogP contribution in [0.15, 0.2) is 20.9 Å². The molecule has 0 unspecified atom stereocenters. The van der Waals surface area contributed by atoms with E-state index >= 15 is 0 Å². The third kappa shape index (κ3) is 3.22. The van der Waals surface area contributed by atoms with Gasteiger partial charge >= 0.3 is 0 Å². The van der Waals surface area contributed by atoms with E-state index in [2.05, 4.69) is 37.3 Å². The Morgan fingerprint density at radius 2 is 2.19 bits per heavy atom. The Kier molecular flexibility index (Phi) is 4.23. The molecule has 1 aliphatic heterocycles.